The van der Waals surface area contributed by atoms with Gasteiger partial charge in [-0.25, -0.2) is 9.67 Å². The number of nitrogen functional groups attached to an aromatic ring is 1. The second kappa shape index (κ2) is 5.99. The minimum absolute atomic E-state index is 0.156. The van der Waals surface area contributed by atoms with Crippen molar-refractivity contribution in [2.45, 2.75) is 0 Å². The van der Waals surface area contributed by atoms with E-state index >= 15 is 0 Å². The largest absolute Gasteiger partial charge is 0.497 e. The molecule has 0 atom stereocenters. The lowest BCUT2D eigenvalue weighted by Gasteiger charge is -2.13. The van der Waals surface area contributed by atoms with Crippen LogP contribution in [0.25, 0.3) is 28.1 Å². The Labute approximate surface area is 148 Å². The van der Waals surface area contributed by atoms with Crippen LogP contribution in [0.15, 0.2) is 53.6 Å². The average molecular weight is 348 g/mol. The fraction of sp³-hybridized carbons (Fsp3) is 0.111. The molecular formula is C18H16N6O2. The van der Waals surface area contributed by atoms with Gasteiger partial charge >= 0.3 is 0 Å². The van der Waals surface area contributed by atoms with Crippen molar-refractivity contribution in [3.8, 4) is 22.8 Å². The highest BCUT2D eigenvalue weighted by atomic mass is 16.5. The van der Waals surface area contributed by atoms with Crippen molar-refractivity contribution in [2.75, 3.05) is 12.8 Å². The zero-order chi connectivity index (χ0) is 18.3. The quantitative estimate of drug-likeness (QED) is 0.605. The van der Waals surface area contributed by atoms with Gasteiger partial charge in [0.25, 0.3) is 5.56 Å². The van der Waals surface area contributed by atoms with Gasteiger partial charge in [0.1, 0.15) is 17.0 Å². The summed E-state index contributed by atoms with van der Waals surface area (Å²) in [5, 5.41) is 4.43. The molecule has 0 aliphatic rings. The molecule has 0 aliphatic heterocycles. The van der Waals surface area contributed by atoms with Crippen molar-refractivity contribution in [3.05, 3.63) is 59.1 Å². The van der Waals surface area contributed by atoms with Gasteiger partial charge in [-0.2, -0.15) is 5.10 Å². The summed E-state index contributed by atoms with van der Waals surface area (Å²) in [7, 11) is 3.30. The SMILES string of the molecule is COc1ccc(-n2c(-c3ccncc3)nc3c(c(N)nn3C)c2=O)cc1. The summed E-state index contributed by atoms with van der Waals surface area (Å²) in [6, 6.07) is 10.8. The molecule has 0 radical (unpaired) electrons. The first-order chi connectivity index (χ1) is 12.6. The molecular weight excluding hydrogens is 332 g/mol. The molecule has 2 N–H and O–H groups in total. The number of anilines is 1. The van der Waals surface area contributed by atoms with Gasteiger partial charge in [0, 0.05) is 25.0 Å². The molecule has 3 heterocycles. The molecule has 1 aromatic carbocycles. The minimum Gasteiger partial charge on any atom is -0.497 e. The molecule has 3 aromatic heterocycles. The van der Waals surface area contributed by atoms with Crippen LogP contribution in [0.3, 0.4) is 0 Å². The molecule has 26 heavy (non-hydrogen) atoms. The molecule has 130 valence electrons. The smallest absolute Gasteiger partial charge is 0.271 e. The van der Waals surface area contributed by atoms with E-state index in [0.717, 1.165) is 5.56 Å². The highest BCUT2D eigenvalue weighted by Gasteiger charge is 2.19. The number of nitrogens with two attached hydrogens (primary N) is 1. The van der Waals surface area contributed by atoms with Gasteiger partial charge in [0.05, 0.1) is 12.8 Å². The predicted octanol–water partition coefficient (Wildman–Crippen LogP) is 1.77. The average Bonchev–Trinajstić information content (AvgIpc) is 2.96. The normalized spacial score (nSPS) is 11.0. The first kappa shape index (κ1) is 15.8. The van der Waals surface area contributed by atoms with E-state index in [-0.39, 0.29) is 11.4 Å². The van der Waals surface area contributed by atoms with Crippen LogP contribution in [0.1, 0.15) is 0 Å². The van der Waals surface area contributed by atoms with E-state index in [2.05, 4.69) is 15.1 Å². The predicted molar refractivity (Wildman–Crippen MR) is 98.3 cm³/mol. The number of rotatable bonds is 3. The Morgan fingerprint density at radius 2 is 1.77 bits per heavy atom. The highest BCUT2D eigenvalue weighted by molar-refractivity contribution is 5.87. The number of nitrogens with zero attached hydrogens (tertiary/aromatic N) is 5. The van der Waals surface area contributed by atoms with Crippen molar-refractivity contribution in [1.82, 2.24) is 24.3 Å². The number of pyridine rings is 1. The fourth-order valence-electron chi connectivity index (χ4n) is 2.89. The highest BCUT2D eigenvalue weighted by Crippen LogP contribution is 2.24. The molecule has 0 fully saturated rings. The van der Waals surface area contributed by atoms with Crippen molar-refractivity contribution in [1.29, 1.82) is 0 Å². The van der Waals surface area contributed by atoms with Crippen molar-refractivity contribution in [2.24, 2.45) is 7.05 Å². The second-order valence-corrected chi connectivity index (χ2v) is 5.72. The summed E-state index contributed by atoms with van der Waals surface area (Å²) in [6.07, 6.45) is 3.31. The van der Waals surface area contributed by atoms with Crippen LogP contribution in [0, 0.1) is 0 Å². The van der Waals surface area contributed by atoms with Gasteiger partial charge < -0.3 is 10.5 Å². The number of methoxy groups -OCH3 is 1. The van der Waals surface area contributed by atoms with E-state index in [1.54, 1.807) is 62.9 Å². The third-order valence-electron chi connectivity index (χ3n) is 4.15. The number of aryl methyl sites for hydroxylation is 1. The van der Waals surface area contributed by atoms with Crippen molar-refractivity contribution < 1.29 is 4.74 Å². The Kier molecular flexibility index (Phi) is 3.65. The van der Waals surface area contributed by atoms with Crippen molar-refractivity contribution in [3.63, 3.8) is 0 Å². The van der Waals surface area contributed by atoms with E-state index < -0.39 is 0 Å². The summed E-state index contributed by atoms with van der Waals surface area (Å²) in [4.78, 5) is 22.0. The number of ether oxygens (including phenoxy) is 1. The third kappa shape index (κ3) is 2.39. The minimum atomic E-state index is -0.280. The lowest BCUT2D eigenvalue weighted by Crippen LogP contribution is -2.22. The topological polar surface area (TPSA) is 101 Å². The van der Waals surface area contributed by atoms with Crippen LogP contribution in [0.2, 0.25) is 0 Å². The Morgan fingerprint density at radius 1 is 1.08 bits per heavy atom. The summed E-state index contributed by atoms with van der Waals surface area (Å²) in [6.45, 7) is 0. The maximum Gasteiger partial charge on any atom is 0.271 e. The molecule has 0 aliphatic carbocycles. The molecule has 0 saturated carbocycles. The number of benzene rings is 1. The molecule has 0 bridgehead atoms. The first-order valence-electron chi connectivity index (χ1n) is 7.90. The lowest BCUT2D eigenvalue weighted by molar-refractivity contribution is 0.414. The summed E-state index contributed by atoms with van der Waals surface area (Å²) >= 11 is 0. The van der Waals surface area contributed by atoms with E-state index in [0.29, 0.717) is 28.3 Å². The van der Waals surface area contributed by atoms with Gasteiger partial charge in [-0.15, -0.1) is 0 Å². The van der Waals surface area contributed by atoms with Gasteiger partial charge in [0.2, 0.25) is 0 Å². The third-order valence-corrected chi connectivity index (χ3v) is 4.15. The second-order valence-electron chi connectivity index (χ2n) is 5.72. The Hall–Kier alpha value is -3.68. The van der Waals surface area contributed by atoms with Crippen LogP contribution in [0.4, 0.5) is 5.82 Å². The summed E-state index contributed by atoms with van der Waals surface area (Å²) in [5.41, 5.74) is 7.51. The monoisotopic (exact) mass is 348 g/mol. The van der Waals surface area contributed by atoms with Crippen LogP contribution < -0.4 is 16.0 Å². The summed E-state index contributed by atoms with van der Waals surface area (Å²) < 4.78 is 8.23. The van der Waals surface area contributed by atoms with Gasteiger partial charge in [-0.1, -0.05) is 0 Å². The van der Waals surface area contributed by atoms with Crippen LogP contribution in [-0.4, -0.2) is 31.4 Å². The summed E-state index contributed by atoms with van der Waals surface area (Å²) in [5.74, 6) is 1.34. The van der Waals surface area contributed by atoms with Gasteiger partial charge in [-0.3, -0.25) is 14.3 Å². The zero-order valence-corrected chi connectivity index (χ0v) is 14.2. The number of aromatic nitrogens is 5. The van der Waals surface area contributed by atoms with Crippen molar-refractivity contribution >= 4 is 16.9 Å². The number of fused-ring (bicyclic) bond motifs is 1. The molecule has 0 amide bonds. The molecule has 4 rings (SSSR count). The fourth-order valence-corrected chi connectivity index (χ4v) is 2.89. The number of hydrogen-bond donors (Lipinski definition) is 1. The lowest BCUT2D eigenvalue weighted by atomic mass is 10.2. The molecule has 0 saturated heterocycles. The molecule has 0 spiro atoms. The van der Waals surface area contributed by atoms with E-state index in [9.17, 15) is 4.79 Å². The van der Waals surface area contributed by atoms with Gasteiger partial charge in [0.15, 0.2) is 11.5 Å². The van der Waals surface area contributed by atoms with Crippen LogP contribution >= 0.6 is 0 Å². The zero-order valence-electron chi connectivity index (χ0n) is 14.2. The number of hydrogen-bond acceptors (Lipinski definition) is 6. The van der Waals surface area contributed by atoms with E-state index in [1.165, 1.54) is 9.25 Å². The Morgan fingerprint density at radius 3 is 2.42 bits per heavy atom. The molecule has 8 heteroatoms. The Bertz CT molecular complexity index is 1150. The standard InChI is InChI=1S/C18H16N6O2/c1-23-17-14(15(19)22-23)18(25)24(12-3-5-13(26-2)6-4-12)16(21-17)11-7-9-20-10-8-11/h3-10H,1-2H3,(H2,19,22). The van der Waals surface area contributed by atoms with E-state index in [4.69, 9.17) is 10.5 Å². The van der Waals surface area contributed by atoms with Crippen LogP contribution in [0.5, 0.6) is 5.75 Å². The molecule has 0 unspecified atom stereocenters. The molecule has 8 nitrogen and oxygen atoms in total. The van der Waals surface area contributed by atoms with Crippen LogP contribution in [-0.2, 0) is 7.05 Å². The molecule has 4 aromatic rings. The maximum atomic E-state index is 13.3. The first-order valence-corrected chi connectivity index (χ1v) is 7.90. The Balaban J connectivity index is 2.10. The maximum absolute atomic E-state index is 13.3. The van der Waals surface area contributed by atoms with E-state index in [1.807, 2.05) is 0 Å². The van der Waals surface area contributed by atoms with Gasteiger partial charge in [-0.05, 0) is 36.4 Å².